The molecule has 4 aromatic rings. The summed E-state index contributed by atoms with van der Waals surface area (Å²) in [5.41, 5.74) is 8.06. The molecule has 0 heterocycles. The average Bonchev–Trinajstić information content (AvgIpc) is 3.43. The maximum Gasteiger partial charge on any atom is 0.165 e. The molecule has 4 rings (SSSR count). The van der Waals surface area contributed by atoms with Gasteiger partial charge < -0.3 is 10.2 Å². The first-order valence-corrected chi connectivity index (χ1v) is 36.4. The Balaban J connectivity index is 0.000000875. The second-order valence-electron chi connectivity index (χ2n) is 21.9. The number of aryl methyl sites for hydroxylation is 1. The summed E-state index contributed by atoms with van der Waals surface area (Å²) in [6.07, 6.45) is 39.9. The molecular formula is C68H108N2O2Si2. The third-order valence-electron chi connectivity index (χ3n) is 16.7. The number of allylic oxidation sites excluding steroid dienone is 4. The minimum Gasteiger partial charge on any atom is -0.504 e. The summed E-state index contributed by atoms with van der Waals surface area (Å²) in [6.45, 7) is 21.2. The summed E-state index contributed by atoms with van der Waals surface area (Å²) >= 11 is 0. The Labute approximate surface area is 457 Å². The quantitative estimate of drug-likeness (QED) is 0.0203. The standard InChI is InChI=1S/C56H96N2Si2.C12H12O2/c1-9-17-19-21-23-24-25-26-27-28-29-30-31-32-34-36-38-46-56(58-54-44-40-42-52(48-54)50-60(14-6,15-7)16-8)55(45-37-35-33-22-20-18-10-2)57-53-43-39-41-51(47-53)49-59(11-3,12-4)13-5;1-2-8-7-11(13)12(14)10-6-4-3-5-9(8)10/h37-48H,9-36,49-50H2,1-8H3;3-7,13-14H,2H2,1H3. The topological polar surface area (TPSA) is 65.2 Å². The van der Waals surface area contributed by atoms with Gasteiger partial charge in [0.2, 0.25) is 0 Å². The number of unbranched alkanes of at least 4 members (excludes halogenated alkanes) is 20. The van der Waals surface area contributed by atoms with E-state index in [0.717, 1.165) is 53.0 Å². The van der Waals surface area contributed by atoms with Gasteiger partial charge in [-0.15, -0.1) is 0 Å². The maximum absolute atomic E-state index is 9.63. The number of benzene rings is 4. The van der Waals surface area contributed by atoms with E-state index in [-0.39, 0.29) is 11.5 Å². The smallest absolute Gasteiger partial charge is 0.165 e. The number of hydrogen-bond donors (Lipinski definition) is 2. The normalized spacial score (nSPS) is 12.6. The summed E-state index contributed by atoms with van der Waals surface area (Å²) in [4.78, 5) is 10.9. The van der Waals surface area contributed by atoms with Crippen LogP contribution >= 0.6 is 0 Å². The summed E-state index contributed by atoms with van der Waals surface area (Å²) < 4.78 is 0. The molecule has 0 saturated carbocycles. The Kier molecular flexibility index (Phi) is 33.5. The monoisotopic (exact) mass is 1040 g/mol. The molecule has 0 amide bonds. The Morgan fingerprint density at radius 1 is 0.419 bits per heavy atom. The van der Waals surface area contributed by atoms with Gasteiger partial charge in [0.05, 0.1) is 38.9 Å². The molecule has 0 aliphatic heterocycles. The van der Waals surface area contributed by atoms with Gasteiger partial charge in [-0.3, -0.25) is 0 Å². The highest BCUT2D eigenvalue weighted by atomic mass is 28.3. The molecule has 0 fully saturated rings. The number of fused-ring (bicyclic) bond motifs is 1. The van der Waals surface area contributed by atoms with E-state index in [1.165, 1.54) is 188 Å². The number of aliphatic imine (C=N–C) groups is 2. The van der Waals surface area contributed by atoms with Crippen molar-refractivity contribution in [3.05, 3.63) is 120 Å². The molecule has 0 atom stereocenters. The second kappa shape index (κ2) is 38.5. The Morgan fingerprint density at radius 2 is 0.784 bits per heavy atom. The molecule has 0 radical (unpaired) electrons. The van der Waals surface area contributed by atoms with E-state index < -0.39 is 16.1 Å². The molecule has 0 saturated heterocycles. The SMILES string of the molecule is CCCCCCCC=CC(=Nc1cccc(C[Si](CC)(CC)CC)c1)C(C=CCCCCCCCCCCCCCCCCC)=Nc1cccc(C[Si](CC)(CC)CC)c1.CCc1cc(O)c(O)c2ccccc12. The fourth-order valence-corrected chi connectivity index (χ4v) is 17.5. The molecule has 0 aliphatic carbocycles. The number of rotatable bonds is 38. The third-order valence-corrected chi connectivity index (χ3v) is 28.0. The van der Waals surface area contributed by atoms with Gasteiger partial charge in [0.1, 0.15) is 0 Å². The molecular weight excluding hydrogens is 933 g/mol. The minimum atomic E-state index is -1.31. The molecule has 0 unspecified atom stereocenters. The predicted molar refractivity (Wildman–Crippen MR) is 337 cm³/mol. The lowest BCUT2D eigenvalue weighted by molar-refractivity contribution is 0.408. The van der Waals surface area contributed by atoms with Gasteiger partial charge >= 0.3 is 0 Å². The van der Waals surface area contributed by atoms with Crippen molar-refractivity contribution in [1.82, 2.24) is 0 Å². The van der Waals surface area contributed by atoms with E-state index >= 15 is 0 Å². The zero-order chi connectivity index (χ0) is 53.7. The van der Waals surface area contributed by atoms with Crippen molar-refractivity contribution in [2.75, 3.05) is 0 Å². The van der Waals surface area contributed by atoms with Crippen LogP contribution in [0.15, 0.2) is 113 Å². The number of hydrogen-bond acceptors (Lipinski definition) is 4. The van der Waals surface area contributed by atoms with Crippen LogP contribution in [0.1, 0.15) is 220 Å². The summed E-state index contributed by atoms with van der Waals surface area (Å²) in [5, 5.41) is 20.8. The van der Waals surface area contributed by atoms with Crippen LogP contribution in [0.25, 0.3) is 10.8 Å². The fourth-order valence-electron chi connectivity index (χ4n) is 10.8. The molecule has 2 N–H and O–H groups in total. The van der Waals surface area contributed by atoms with E-state index in [1.807, 2.05) is 31.2 Å². The lowest BCUT2D eigenvalue weighted by Crippen LogP contribution is -2.34. The average molecular weight is 1040 g/mol. The molecule has 0 spiro atoms. The van der Waals surface area contributed by atoms with Crippen molar-refractivity contribution < 1.29 is 10.2 Å². The highest BCUT2D eigenvalue weighted by Gasteiger charge is 2.28. The number of aromatic hydroxyl groups is 2. The molecule has 0 aliphatic rings. The van der Waals surface area contributed by atoms with Crippen LogP contribution in [0.2, 0.25) is 36.3 Å². The summed E-state index contributed by atoms with van der Waals surface area (Å²) in [7, 11) is -2.62. The summed E-state index contributed by atoms with van der Waals surface area (Å²) in [5.74, 6) is -0.0710. The van der Waals surface area contributed by atoms with E-state index in [9.17, 15) is 10.2 Å². The van der Waals surface area contributed by atoms with E-state index in [0.29, 0.717) is 5.39 Å². The van der Waals surface area contributed by atoms with Crippen molar-refractivity contribution >= 4 is 49.7 Å². The zero-order valence-corrected chi connectivity index (χ0v) is 51.0. The van der Waals surface area contributed by atoms with Gasteiger partial charge in [-0.25, -0.2) is 9.98 Å². The molecule has 6 heteroatoms. The predicted octanol–water partition coefficient (Wildman–Crippen LogP) is 22.3. The van der Waals surface area contributed by atoms with Crippen molar-refractivity contribution in [3.8, 4) is 11.5 Å². The molecule has 410 valence electrons. The maximum atomic E-state index is 9.63. The van der Waals surface area contributed by atoms with Gasteiger partial charge in [0, 0.05) is 5.39 Å². The first kappa shape index (κ1) is 64.3. The Hall–Kier alpha value is -4.01. The van der Waals surface area contributed by atoms with Gasteiger partial charge in [-0.2, -0.15) is 0 Å². The largest absolute Gasteiger partial charge is 0.504 e. The van der Waals surface area contributed by atoms with Crippen LogP contribution in [0.4, 0.5) is 11.4 Å². The molecule has 74 heavy (non-hydrogen) atoms. The van der Waals surface area contributed by atoms with Crippen LogP contribution < -0.4 is 0 Å². The fraction of sp³-hybridized carbons (Fsp3) is 0.588. The van der Waals surface area contributed by atoms with Crippen molar-refractivity contribution in [2.45, 2.75) is 258 Å². The second-order valence-corrected chi connectivity index (χ2v) is 32.8. The van der Waals surface area contributed by atoms with Crippen LogP contribution in [-0.2, 0) is 18.5 Å². The minimum absolute atomic E-state index is 0.0298. The van der Waals surface area contributed by atoms with Crippen molar-refractivity contribution in [1.29, 1.82) is 0 Å². The Morgan fingerprint density at radius 3 is 1.15 bits per heavy atom. The lowest BCUT2D eigenvalue weighted by Gasteiger charge is -2.28. The van der Waals surface area contributed by atoms with Crippen LogP contribution in [0, 0.1) is 0 Å². The van der Waals surface area contributed by atoms with Crippen molar-refractivity contribution in [3.63, 3.8) is 0 Å². The van der Waals surface area contributed by atoms with Crippen LogP contribution in [0.5, 0.6) is 11.5 Å². The van der Waals surface area contributed by atoms with Crippen LogP contribution in [0.3, 0.4) is 0 Å². The zero-order valence-electron chi connectivity index (χ0n) is 49.0. The number of nitrogens with zero attached hydrogens (tertiary/aromatic N) is 2. The first-order chi connectivity index (χ1) is 36.1. The number of phenols is 2. The van der Waals surface area contributed by atoms with Gasteiger partial charge in [0.25, 0.3) is 0 Å². The van der Waals surface area contributed by atoms with E-state index in [1.54, 1.807) is 6.07 Å². The molecule has 0 aromatic heterocycles. The summed E-state index contributed by atoms with van der Waals surface area (Å²) in [6, 6.07) is 38.1. The van der Waals surface area contributed by atoms with Crippen molar-refractivity contribution in [2.24, 2.45) is 9.98 Å². The van der Waals surface area contributed by atoms with E-state index in [4.69, 9.17) is 9.98 Å². The third kappa shape index (κ3) is 23.9. The van der Waals surface area contributed by atoms with Gasteiger partial charge in [-0.1, -0.05) is 275 Å². The highest BCUT2D eigenvalue weighted by Crippen LogP contribution is 2.36. The lowest BCUT2D eigenvalue weighted by atomic mass is 10.0. The molecule has 4 nitrogen and oxygen atoms in total. The number of phenolic OH excluding ortho intramolecular Hbond substituents is 2. The van der Waals surface area contributed by atoms with E-state index in [2.05, 4.69) is 128 Å². The first-order valence-electron chi connectivity index (χ1n) is 30.7. The van der Waals surface area contributed by atoms with Gasteiger partial charge in [-0.05, 0) is 109 Å². The molecule has 4 aromatic carbocycles. The van der Waals surface area contributed by atoms with Crippen LogP contribution in [-0.4, -0.2) is 37.8 Å². The molecule has 0 bridgehead atoms. The highest BCUT2D eigenvalue weighted by molar-refractivity contribution is 6.79. The Bertz CT molecular complexity index is 2220. The van der Waals surface area contributed by atoms with Gasteiger partial charge in [0.15, 0.2) is 11.5 Å².